The Bertz CT molecular complexity index is 298. The quantitative estimate of drug-likeness (QED) is 0.585. The molecule has 0 aliphatic carbocycles. The highest BCUT2D eigenvalue weighted by molar-refractivity contribution is 5.05. The second-order valence-electron chi connectivity index (χ2n) is 4.28. The molecule has 2 atom stereocenters. The second-order valence-corrected chi connectivity index (χ2v) is 4.28. The summed E-state index contributed by atoms with van der Waals surface area (Å²) in [5, 5.41) is 0. The van der Waals surface area contributed by atoms with Crippen molar-refractivity contribution in [3.63, 3.8) is 0 Å². The second kappa shape index (κ2) is 5.94. The highest BCUT2D eigenvalue weighted by atomic mass is 16.5. The lowest BCUT2D eigenvalue weighted by molar-refractivity contribution is 0.0392. The molecule has 0 bridgehead atoms. The minimum atomic E-state index is 0.259. The Labute approximate surface area is 96.2 Å². The van der Waals surface area contributed by atoms with Gasteiger partial charge < -0.3 is 4.74 Å². The molecule has 0 amide bonds. The van der Waals surface area contributed by atoms with Crippen LogP contribution in [-0.2, 0) is 11.2 Å². The Hall–Kier alpha value is -0.970. The van der Waals surface area contributed by atoms with Gasteiger partial charge >= 0.3 is 0 Å². The van der Waals surface area contributed by atoms with Gasteiger partial charge in [-0.05, 0) is 30.9 Å². The van der Waals surface area contributed by atoms with E-state index in [1.54, 1.807) is 0 Å². The summed E-state index contributed by atoms with van der Waals surface area (Å²) in [6.07, 6.45) is 5.00. The molecule has 2 heterocycles. The first-order valence-electron chi connectivity index (χ1n) is 5.84. The normalized spacial score (nSPS) is 22.9. The minimum Gasteiger partial charge on any atom is -0.381 e. The smallest absolute Gasteiger partial charge is 0.0509 e. The number of nitrogens with two attached hydrogens (primary N) is 1. The van der Waals surface area contributed by atoms with Gasteiger partial charge in [0.15, 0.2) is 0 Å². The van der Waals surface area contributed by atoms with E-state index in [1.807, 2.05) is 24.4 Å². The van der Waals surface area contributed by atoms with Crippen molar-refractivity contribution >= 4 is 0 Å². The van der Waals surface area contributed by atoms with Crippen molar-refractivity contribution in [2.45, 2.75) is 25.3 Å². The molecule has 1 aliphatic rings. The van der Waals surface area contributed by atoms with Crippen LogP contribution in [0.1, 0.15) is 18.5 Å². The van der Waals surface area contributed by atoms with Crippen molar-refractivity contribution in [1.82, 2.24) is 10.4 Å². The van der Waals surface area contributed by atoms with Gasteiger partial charge in [-0.15, -0.1) is 0 Å². The molecular formula is C12H19N3O. The number of pyridine rings is 1. The number of nitrogens with one attached hydrogen (secondary N) is 1. The van der Waals surface area contributed by atoms with Crippen LogP contribution in [0.3, 0.4) is 0 Å². The topological polar surface area (TPSA) is 60.2 Å². The lowest BCUT2D eigenvalue weighted by Crippen LogP contribution is -2.45. The summed E-state index contributed by atoms with van der Waals surface area (Å²) in [6, 6.07) is 6.23. The molecule has 2 rings (SSSR count). The summed E-state index contributed by atoms with van der Waals surface area (Å²) in [5.41, 5.74) is 3.98. The molecule has 0 radical (unpaired) electrons. The van der Waals surface area contributed by atoms with Crippen LogP contribution >= 0.6 is 0 Å². The van der Waals surface area contributed by atoms with Crippen LogP contribution in [-0.4, -0.2) is 24.2 Å². The first-order valence-corrected chi connectivity index (χ1v) is 5.84. The maximum absolute atomic E-state index is 5.62. The third-order valence-corrected chi connectivity index (χ3v) is 3.13. The van der Waals surface area contributed by atoms with Crippen molar-refractivity contribution in [2.75, 3.05) is 13.2 Å². The number of hydrogen-bond acceptors (Lipinski definition) is 4. The van der Waals surface area contributed by atoms with E-state index in [2.05, 4.69) is 10.4 Å². The number of rotatable bonds is 4. The molecule has 0 saturated carbocycles. The molecule has 1 aromatic heterocycles. The molecular weight excluding hydrogens is 202 g/mol. The molecule has 4 nitrogen and oxygen atoms in total. The predicted molar refractivity (Wildman–Crippen MR) is 62.6 cm³/mol. The first-order chi connectivity index (χ1) is 7.90. The van der Waals surface area contributed by atoms with Crippen molar-refractivity contribution < 1.29 is 4.74 Å². The minimum absolute atomic E-state index is 0.259. The number of ether oxygens (including phenoxy) is 1. The van der Waals surface area contributed by atoms with Gasteiger partial charge in [0.05, 0.1) is 6.61 Å². The van der Waals surface area contributed by atoms with E-state index in [9.17, 15) is 0 Å². The van der Waals surface area contributed by atoms with Crippen molar-refractivity contribution in [3.8, 4) is 0 Å². The number of hydrogen-bond donors (Lipinski definition) is 2. The van der Waals surface area contributed by atoms with E-state index in [4.69, 9.17) is 10.6 Å². The zero-order valence-electron chi connectivity index (χ0n) is 9.43. The Balaban J connectivity index is 1.94. The first kappa shape index (κ1) is 11.5. The summed E-state index contributed by atoms with van der Waals surface area (Å²) < 4.78 is 5.49. The lowest BCUT2D eigenvalue weighted by Gasteiger charge is -2.29. The third-order valence-electron chi connectivity index (χ3n) is 3.13. The summed E-state index contributed by atoms with van der Waals surface area (Å²) >= 11 is 0. The maximum Gasteiger partial charge on any atom is 0.0509 e. The molecule has 2 unspecified atom stereocenters. The van der Waals surface area contributed by atoms with Gasteiger partial charge in [0.25, 0.3) is 0 Å². The Kier molecular flexibility index (Phi) is 4.27. The van der Waals surface area contributed by atoms with E-state index in [0.717, 1.165) is 31.7 Å². The molecule has 4 heteroatoms. The van der Waals surface area contributed by atoms with Crippen LogP contribution in [0.25, 0.3) is 0 Å². The molecule has 1 fully saturated rings. The molecule has 88 valence electrons. The van der Waals surface area contributed by atoms with Gasteiger partial charge in [0, 0.05) is 31.0 Å². The number of aromatic nitrogens is 1. The molecule has 1 aliphatic heterocycles. The SMILES string of the molecule is NNC(Cc1ccccn1)C1CCCOC1. The molecule has 1 saturated heterocycles. The zero-order valence-corrected chi connectivity index (χ0v) is 9.43. The lowest BCUT2D eigenvalue weighted by atomic mass is 9.91. The molecule has 1 aromatic rings. The summed E-state index contributed by atoms with van der Waals surface area (Å²) in [7, 11) is 0. The van der Waals surface area contributed by atoms with Gasteiger partial charge in [-0.2, -0.15) is 0 Å². The summed E-state index contributed by atoms with van der Waals surface area (Å²) in [5.74, 6) is 6.12. The van der Waals surface area contributed by atoms with Crippen LogP contribution < -0.4 is 11.3 Å². The number of hydrazine groups is 1. The Morgan fingerprint density at radius 3 is 3.12 bits per heavy atom. The molecule has 0 spiro atoms. The zero-order chi connectivity index (χ0) is 11.2. The fourth-order valence-corrected chi connectivity index (χ4v) is 2.19. The van der Waals surface area contributed by atoms with Crippen LogP contribution in [0.15, 0.2) is 24.4 Å². The highest BCUT2D eigenvalue weighted by Crippen LogP contribution is 2.19. The van der Waals surface area contributed by atoms with Crippen LogP contribution in [0, 0.1) is 5.92 Å². The van der Waals surface area contributed by atoms with Crippen molar-refractivity contribution in [2.24, 2.45) is 11.8 Å². The molecule has 3 N–H and O–H groups in total. The van der Waals surface area contributed by atoms with E-state index in [1.165, 1.54) is 6.42 Å². The van der Waals surface area contributed by atoms with E-state index in [-0.39, 0.29) is 6.04 Å². The summed E-state index contributed by atoms with van der Waals surface area (Å²) in [4.78, 5) is 4.32. The van der Waals surface area contributed by atoms with Gasteiger partial charge in [-0.1, -0.05) is 6.07 Å². The summed E-state index contributed by atoms with van der Waals surface area (Å²) in [6.45, 7) is 1.69. The Morgan fingerprint density at radius 2 is 2.50 bits per heavy atom. The predicted octanol–water partition coefficient (Wildman–Crippen LogP) is 0.883. The fraction of sp³-hybridized carbons (Fsp3) is 0.583. The highest BCUT2D eigenvalue weighted by Gasteiger charge is 2.23. The van der Waals surface area contributed by atoms with E-state index >= 15 is 0 Å². The molecule has 0 aromatic carbocycles. The van der Waals surface area contributed by atoms with E-state index in [0.29, 0.717) is 5.92 Å². The average molecular weight is 221 g/mol. The van der Waals surface area contributed by atoms with Crippen LogP contribution in [0.4, 0.5) is 0 Å². The number of nitrogens with zero attached hydrogens (tertiary/aromatic N) is 1. The van der Waals surface area contributed by atoms with Gasteiger partial charge in [0.2, 0.25) is 0 Å². The van der Waals surface area contributed by atoms with E-state index < -0.39 is 0 Å². The van der Waals surface area contributed by atoms with Crippen LogP contribution in [0.2, 0.25) is 0 Å². The van der Waals surface area contributed by atoms with Gasteiger partial charge in [0.1, 0.15) is 0 Å². The Morgan fingerprint density at radius 1 is 1.56 bits per heavy atom. The van der Waals surface area contributed by atoms with Crippen LogP contribution in [0.5, 0.6) is 0 Å². The largest absolute Gasteiger partial charge is 0.381 e. The van der Waals surface area contributed by atoms with Crippen molar-refractivity contribution in [3.05, 3.63) is 30.1 Å². The van der Waals surface area contributed by atoms with Gasteiger partial charge in [-0.25, -0.2) is 0 Å². The monoisotopic (exact) mass is 221 g/mol. The fourth-order valence-electron chi connectivity index (χ4n) is 2.19. The average Bonchev–Trinajstić information content (AvgIpc) is 2.38. The van der Waals surface area contributed by atoms with Gasteiger partial charge in [-0.3, -0.25) is 16.3 Å². The standard InChI is InChI=1S/C12H19N3O/c13-15-12(10-4-3-7-16-9-10)8-11-5-1-2-6-14-11/h1-2,5-6,10,12,15H,3-4,7-9,13H2. The third kappa shape index (κ3) is 3.01. The maximum atomic E-state index is 5.62. The van der Waals surface area contributed by atoms with Crippen molar-refractivity contribution in [1.29, 1.82) is 0 Å². The molecule has 16 heavy (non-hydrogen) atoms.